The van der Waals surface area contributed by atoms with Crippen LogP contribution >= 0.6 is 11.6 Å². The van der Waals surface area contributed by atoms with Crippen molar-refractivity contribution in [1.29, 1.82) is 5.26 Å². The maximum Gasteiger partial charge on any atom is 0.101 e. The first kappa shape index (κ1) is 11.3. The van der Waals surface area contributed by atoms with Gasteiger partial charge in [-0.2, -0.15) is 5.26 Å². The molecule has 0 bridgehead atoms. The Balaban J connectivity index is 2.40. The summed E-state index contributed by atoms with van der Waals surface area (Å²) >= 11 is 6.00. The van der Waals surface area contributed by atoms with Gasteiger partial charge in [0.05, 0.1) is 11.3 Å². The molecule has 0 saturated carbocycles. The fourth-order valence-corrected chi connectivity index (χ4v) is 2.64. The number of hydrogen-bond acceptors (Lipinski definition) is 2. The van der Waals surface area contributed by atoms with Crippen molar-refractivity contribution in [3.8, 4) is 6.07 Å². The molecule has 0 spiro atoms. The summed E-state index contributed by atoms with van der Waals surface area (Å²) in [5, 5.41) is 9.80. The van der Waals surface area contributed by atoms with Crippen LogP contribution in [0.2, 0.25) is 5.02 Å². The monoisotopic (exact) mass is 234 g/mol. The molecule has 84 valence electrons. The molecule has 1 fully saturated rings. The number of halogens is 1. The molecule has 0 aromatic heterocycles. The fraction of sp³-hybridized carbons (Fsp3) is 0.462. The minimum atomic E-state index is 0.487. The highest BCUT2D eigenvalue weighted by Gasteiger charge is 2.27. The lowest BCUT2D eigenvalue weighted by atomic mass is 10.1. The molecule has 16 heavy (non-hydrogen) atoms. The summed E-state index contributed by atoms with van der Waals surface area (Å²) < 4.78 is 0. The van der Waals surface area contributed by atoms with Gasteiger partial charge >= 0.3 is 0 Å². The molecule has 2 rings (SSSR count). The topological polar surface area (TPSA) is 27.0 Å². The Hall–Kier alpha value is -1.20. The molecular weight excluding hydrogens is 220 g/mol. The average Bonchev–Trinajstić information content (AvgIpc) is 2.57. The summed E-state index contributed by atoms with van der Waals surface area (Å²) in [6.07, 6.45) is 1.18. The second-order valence-electron chi connectivity index (χ2n) is 4.62. The van der Waals surface area contributed by atoms with E-state index in [9.17, 15) is 0 Å². The van der Waals surface area contributed by atoms with E-state index in [-0.39, 0.29) is 0 Å². The van der Waals surface area contributed by atoms with Gasteiger partial charge < -0.3 is 4.90 Å². The van der Waals surface area contributed by atoms with Crippen LogP contribution in [0.3, 0.4) is 0 Å². The molecule has 0 amide bonds. The highest BCUT2D eigenvalue weighted by Crippen LogP contribution is 2.32. The van der Waals surface area contributed by atoms with Crippen LogP contribution in [0.1, 0.15) is 25.8 Å². The van der Waals surface area contributed by atoms with Gasteiger partial charge in [0.2, 0.25) is 0 Å². The minimum absolute atomic E-state index is 0.487. The summed E-state index contributed by atoms with van der Waals surface area (Å²) in [6.45, 7) is 5.45. The van der Waals surface area contributed by atoms with Crippen molar-refractivity contribution in [3.63, 3.8) is 0 Å². The zero-order valence-corrected chi connectivity index (χ0v) is 10.3. The van der Waals surface area contributed by atoms with Crippen molar-refractivity contribution in [1.82, 2.24) is 0 Å². The Morgan fingerprint density at radius 2 is 2.19 bits per heavy atom. The molecule has 1 aromatic carbocycles. The van der Waals surface area contributed by atoms with Crippen LogP contribution in [0, 0.1) is 17.2 Å². The highest BCUT2D eigenvalue weighted by atomic mass is 35.5. The quantitative estimate of drug-likeness (QED) is 0.744. The maximum atomic E-state index is 9.10. The molecule has 0 aliphatic carbocycles. The van der Waals surface area contributed by atoms with E-state index in [1.807, 2.05) is 6.07 Å². The third kappa shape index (κ3) is 2.01. The minimum Gasteiger partial charge on any atom is -0.367 e. The first-order valence-electron chi connectivity index (χ1n) is 5.58. The number of nitriles is 1. The van der Waals surface area contributed by atoms with E-state index >= 15 is 0 Å². The van der Waals surface area contributed by atoms with Gasteiger partial charge in [0, 0.05) is 17.6 Å². The van der Waals surface area contributed by atoms with E-state index < -0.39 is 0 Å². The normalized spacial score (nSPS) is 24.5. The lowest BCUT2D eigenvalue weighted by molar-refractivity contribution is 0.625. The van der Waals surface area contributed by atoms with Gasteiger partial charge in [0.15, 0.2) is 0 Å². The fourth-order valence-electron chi connectivity index (χ4n) is 2.47. The number of hydrogen-bond donors (Lipinski definition) is 0. The molecule has 3 heteroatoms. The van der Waals surface area contributed by atoms with Gasteiger partial charge in [-0.25, -0.2) is 0 Å². The third-order valence-electron chi connectivity index (χ3n) is 3.17. The predicted octanol–water partition coefficient (Wildman–Crippen LogP) is 3.45. The molecule has 2 atom stereocenters. The van der Waals surface area contributed by atoms with Crippen molar-refractivity contribution >= 4 is 17.3 Å². The second-order valence-corrected chi connectivity index (χ2v) is 5.05. The first-order valence-corrected chi connectivity index (χ1v) is 5.96. The van der Waals surface area contributed by atoms with Crippen LogP contribution in [0.5, 0.6) is 0 Å². The zero-order chi connectivity index (χ0) is 11.7. The first-order chi connectivity index (χ1) is 7.61. The van der Waals surface area contributed by atoms with Crippen molar-refractivity contribution in [3.05, 3.63) is 28.8 Å². The van der Waals surface area contributed by atoms with Crippen LogP contribution in [-0.2, 0) is 0 Å². The largest absolute Gasteiger partial charge is 0.367 e. The SMILES string of the molecule is CC1CC(C)N(c2cc(Cl)ccc2C#N)C1. The average molecular weight is 235 g/mol. The number of rotatable bonds is 1. The Morgan fingerprint density at radius 3 is 2.75 bits per heavy atom. The van der Waals surface area contributed by atoms with Crippen LogP contribution in [0.15, 0.2) is 18.2 Å². The summed E-state index contributed by atoms with van der Waals surface area (Å²) in [5.74, 6) is 0.681. The van der Waals surface area contributed by atoms with Crippen molar-refractivity contribution in [2.24, 2.45) is 5.92 Å². The van der Waals surface area contributed by atoms with Crippen LogP contribution in [0.4, 0.5) is 5.69 Å². The lowest BCUT2D eigenvalue weighted by Crippen LogP contribution is -2.27. The van der Waals surface area contributed by atoms with E-state index in [0.717, 1.165) is 12.2 Å². The van der Waals surface area contributed by atoms with E-state index in [2.05, 4.69) is 24.8 Å². The number of benzene rings is 1. The highest BCUT2D eigenvalue weighted by molar-refractivity contribution is 6.30. The molecule has 1 aliphatic heterocycles. The molecule has 0 N–H and O–H groups in total. The molecule has 1 aromatic rings. The van der Waals surface area contributed by atoms with Crippen LogP contribution < -0.4 is 4.90 Å². The number of anilines is 1. The van der Waals surface area contributed by atoms with E-state index in [1.165, 1.54) is 6.42 Å². The zero-order valence-electron chi connectivity index (χ0n) is 9.57. The third-order valence-corrected chi connectivity index (χ3v) is 3.41. The summed E-state index contributed by atoms with van der Waals surface area (Å²) in [6, 6.07) is 8.19. The van der Waals surface area contributed by atoms with Crippen molar-refractivity contribution < 1.29 is 0 Å². The smallest absolute Gasteiger partial charge is 0.101 e. The Bertz CT molecular complexity index is 436. The summed E-state index contributed by atoms with van der Waals surface area (Å²) in [5.41, 5.74) is 1.69. The van der Waals surface area contributed by atoms with Crippen LogP contribution in [-0.4, -0.2) is 12.6 Å². The molecular formula is C13H15ClN2. The van der Waals surface area contributed by atoms with E-state index in [1.54, 1.807) is 12.1 Å². The standard InChI is InChI=1S/C13H15ClN2/c1-9-5-10(2)16(8-9)13-6-12(14)4-3-11(13)7-15/h3-4,6,9-10H,5,8H2,1-2H3. The second kappa shape index (κ2) is 4.35. The summed E-state index contributed by atoms with van der Waals surface area (Å²) in [4.78, 5) is 2.29. The molecule has 2 unspecified atom stereocenters. The molecule has 1 aliphatic rings. The Morgan fingerprint density at radius 1 is 1.44 bits per heavy atom. The maximum absolute atomic E-state index is 9.10. The van der Waals surface area contributed by atoms with E-state index in [4.69, 9.17) is 16.9 Å². The van der Waals surface area contributed by atoms with Crippen molar-refractivity contribution in [2.45, 2.75) is 26.3 Å². The van der Waals surface area contributed by atoms with Gasteiger partial charge in [-0.05, 0) is 37.5 Å². The molecule has 1 saturated heterocycles. The van der Waals surface area contributed by atoms with E-state index in [0.29, 0.717) is 22.5 Å². The molecule has 2 nitrogen and oxygen atoms in total. The predicted molar refractivity (Wildman–Crippen MR) is 66.8 cm³/mol. The van der Waals surface area contributed by atoms with Crippen LogP contribution in [0.25, 0.3) is 0 Å². The van der Waals surface area contributed by atoms with Gasteiger partial charge in [-0.15, -0.1) is 0 Å². The van der Waals surface area contributed by atoms with Crippen molar-refractivity contribution in [2.75, 3.05) is 11.4 Å². The number of nitrogens with zero attached hydrogens (tertiary/aromatic N) is 2. The lowest BCUT2D eigenvalue weighted by Gasteiger charge is -2.25. The van der Waals surface area contributed by atoms with Gasteiger partial charge in [-0.1, -0.05) is 18.5 Å². The molecule has 1 heterocycles. The Labute approximate surface area is 101 Å². The summed E-state index contributed by atoms with van der Waals surface area (Å²) in [7, 11) is 0. The van der Waals surface area contributed by atoms with Gasteiger partial charge in [0.25, 0.3) is 0 Å². The van der Waals surface area contributed by atoms with Gasteiger partial charge in [0.1, 0.15) is 6.07 Å². The Kier molecular flexibility index (Phi) is 3.07. The molecule has 0 radical (unpaired) electrons. The van der Waals surface area contributed by atoms with Gasteiger partial charge in [-0.3, -0.25) is 0 Å².